The molecule has 1 unspecified atom stereocenters. The molecule has 84 valence electrons. The molecule has 3 heteroatoms. The normalized spacial score (nSPS) is 13.1. The predicted molar refractivity (Wildman–Crippen MR) is 60.0 cm³/mol. The van der Waals surface area contributed by atoms with Gasteiger partial charge in [-0.25, -0.2) is 0 Å². The van der Waals surface area contributed by atoms with Gasteiger partial charge in [0, 0.05) is 0 Å². The van der Waals surface area contributed by atoms with Crippen LogP contribution in [0, 0.1) is 5.92 Å². The monoisotopic (exact) mass is 200 g/mol. The Morgan fingerprint density at radius 2 is 2.00 bits per heavy atom. The number of nitrogens with one attached hydrogen (secondary N) is 1. The molecule has 0 aliphatic rings. The van der Waals surface area contributed by atoms with Gasteiger partial charge >= 0.3 is 0 Å². The summed E-state index contributed by atoms with van der Waals surface area (Å²) in [5.74, 6) is 0.338. The third-order valence-corrected chi connectivity index (χ3v) is 2.21. The number of primary amides is 1. The number of hydrogen-bond acceptors (Lipinski definition) is 2. The van der Waals surface area contributed by atoms with Crippen molar-refractivity contribution in [3.63, 3.8) is 0 Å². The fourth-order valence-corrected chi connectivity index (χ4v) is 1.32. The van der Waals surface area contributed by atoms with Gasteiger partial charge in [0.1, 0.15) is 0 Å². The van der Waals surface area contributed by atoms with E-state index in [2.05, 4.69) is 26.1 Å². The Bertz CT molecular complexity index is 157. The molecule has 3 nitrogen and oxygen atoms in total. The van der Waals surface area contributed by atoms with Crippen molar-refractivity contribution in [2.24, 2.45) is 11.7 Å². The largest absolute Gasteiger partial charge is 0.368 e. The Kier molecular flexibility index (Phi) is 7.48. The molecule has 1 amide bonds. The summed E-state index contributed by atoms with van der Waals surface area (Å²) in [7, 11) is 0. The zero-order chi connectivity index (χ0) is 11.0. The highest BCUT2D eigenvalue weighted by Gasteiger charge is 2.13. The smallest absolute Gasteiger partial charge is 0.234 e. The van der Waals surface area contributed by atoms with E-state index in [0.717, 1.165) is 19.4 Å². The molecule has 0 aliphatic carbocycles. The molecular formula is C11H24N2O. The summed E-state index contributed by atoms with van der Waals surface area (Å²) >= 11 is 0. The van der Waals surface area contributed by atoms with E-state index in [4.69, 9.17) is 5.73 Å². The van der Waals surface area contributed by atoms with Crippen molar-refractivity contribution in [1.29, 1.82) is 0 Å². The molecule has 0 aromatic carbocycles. The lowest BCUT2D eigenvalue weighted by Crippen LogP contribution is -2.42. The van der Waals surface area contributed by atoms with E-state index in [1.54, 1.807) is 0 Å². The highest BCUT2D eigenvalue weighted by atomic mass is 16.1. The maximum Gasteiger partial charge on any atom is 0.234 e. The Balaban J connectivity index is 3.72. The highest BCUT2D eigenvalue weighted by Crippen LogP contribution is 2.03. The van der Waals surface area contributed by atoms with Crippen LogP contribution in [-0.4, -0.2) is 18.5 Å². The van der Waals surface area contributed by atoms with Crippen molar-refractivity contribution < 1.29 is 4.79 Å². The van der Waals surface area contributed by atoms with E-state index in [1.807, 2.05) is 0 Å². The Labute approximate surface area is 87.4 Å². The predicted octanol–water partition coefficient (Wildman–Crippen LogP) is 1.67. The molecule has 0 fully saturated rings. The Hall–Kier alpha value is -0.570. The van der Waals surface area contributed by atoms with Gasteiger partial charge in [0.25, 0.3) is 0 Å². The molecule has 0 radical (unpaired) electrons. The quantitative estimate of drug-likeness (QED) is 0.586. The van der Waals surface area contributed by atoms with E-state index in [0.29, 0.717) is 5.92 Å². The molecule has 0 saturated carbocycles. The number of amides is 1. The standard InChI is InChI=1S/C11H24N2O/c1-4-5-6-7-10(11(12)14)13-8-9(2)3/h9-10,13H,4-8H2,1-3H3,(H2,12,14). The second-order valence-corrected chi connectivity index (χ2v) is 4.25. The van der Waals surface area contributed by atoms with Crippen LogP contribution in [0.1, 0.15) is 46.5 Å². The molecule has 0 saturated heterocycles. The molecule has 0 aliphatic heterocycles. The molecule has 0 aromatic rings. The Morgan fingerprint density at radius 1 is 1.36 bits per heavy atom. The Morgan fingerprint density at radius 3 is 2.43 bits per heavy atom. The van der Waals surface area contributed by atoms with Gasteiger partial charge < -0.3 is 11.1 Å². The van der Waals surface area contributed by atoms with E-state index in [-0.39, 0.29) is 11.9 Å². The average Bonchev–Trinajstić information content (AvgIpc) is 2.10. The lowest BCUT2D eigenvalue weighted by molar-refractivity contribution is -0.120. The third kappa shape index (κ3) is 6.89. The first-order valence-corrected chi connectivity index (χ1v) is 5.60. The number of hydrogen-bond donors (Lipinski definition) is 2. The summed E-state index contributed by atoms with van der Waals surface area (Å²) in [5.41, 5.74) is 5.30. The van der Waals surface area contributed by atoms with Gasteiger partial charge in [-0.1, -0.05) is 40.0 Å². The van der Waals surface area contributed by atoms with Crippen LogP contribution >= 0.6 is 0 Å². The van der Waals surface area contributed by atoms with Gasteiger partial charge in [-0.15, -0.1) is 0 Å². The fourth-order valence-electron chi connectivity index (χ4n) is 1.32. The first-order chi connectivity index (χ1) is 6.57. The minimum Gasteiger partial charge on any atom is -0.368 e. The van der Waals surface area contributed by atoms with Crippen molar-refractivity contribution in [1.82, 2.24) is 5.32 Å². The van der Waals surface area contributed by atoms with E-state index >= 15 is 0 Å². The topological polar surface area (TPSA) is 55.1 Å². The number of carbonyl (C=O) groups excluding carboxylic acids is 1. The van der Waals surface area contributed by atoms with Crippen LogP contribution in [0.4, 0.5) is 0 Å². The van der Waals surface area contributed by atoms with Crippen LogP contribution in [0.25, 0.3) is 0 Å². The second-order valence-electron chi connectivity index (χ2n) is 4.25. The maximum atomic E-state index is 11.1. The summed E-state index contributed by atoms with van der Waals surface area (Å²) < 4.78 is 0. The van der Waals surface area contributed by atoms with Crippen LogP contribution in [0.15, 0.2) is 0 Å². The molecule has 0 heterocycles. The number of nitrogens with two attached hydrogens (primary N) is 1. The molecule has 0 bridgehead atoms. The van der Waals surface area contributed by atoms with Gasteiger partial charge in [0.2, 0.25) is 5.91 Å². The van der Waals surface area contributed by atoms with Gasteiger partial charge in [-0.3, -0.25) is 4.79 Å². The number of unbranched alkanes of at least 4 members (excludes halogenated alkanes) is 2. The van der Waals surface area contributed by atoms with Gasteiger partial charge in [0.05, 0.1) is 6.04 Å². The summed E-state index contributed by atoms with van der Waals surface area (Å²) in [6, 6.07) is -0.135. The molecule has 0 rings (SSSR count). The molecule has 14 heavy (non-hydrogen) atoms. The molecular weight excluding hydrogens is 176 g/mol. The van der Waals surface area contributed by atoms with E-state index in [9.17, 15) is 4.79 Å². The average molecular weight is 200 g/mol. The summed E-state index contributed by atoms with van der Waals surface area (Å²) in [6.45, 7) is 7.26. The first kappa shape index (κ1) is 13.4. The second kappa shape index (κ2) is 7.80. The van der Waals surface area contributed by atoms with Crippen molar-refractivity contribution in [2.75, 3.05) is 6.54 Å². The minimum absolute atomic E-state index is 0.135. The van der Waals surface area contributed by atoms with Crippen LogP contribution < -0.4 is 11.1 Å². The zero-order valence-corrected chi connectivity index (χ0v) is 9.68. The third-order valence-electron chi connectivity index (χ3n) is 2.21. The van der Waals surface area contributed by atoms with Crippen molar-refractivity contribution in [3.05, 3.63) is 0 Å². The van der Waals surface area contributed by atoms with Gasteiger partial charge in [0.15, 0.2) is 0 Å². The molecule has 1 atom stereocenters. The number of carbonyl (C=O) groups is 1. The van der Waals surface area contributed by atoms with E-state index < -0.39 is 0 Å². The molecule has 3 N–H and O–H groups in total. The van der Waals surface area contributed by atoms with Crippen LogP contribution in [0.2, 0.25) is 0 Å². The first-order valence-electron chi connectivity index (χ1n) is 5.60. The van der Waals surface area contributed by atoms with Crippen LogP contribution in [-0.2, 0) is 4.79 Å². The summed E-state index contributed by atoms with van der Waals surface area (Å²) in [5, 5.41) is 3.20. The highest BCUT2D eigenvalue weighted by molar-refractivity contribution is 5.79. The van der Waals surface area contributed by atoms with E-state index in [1.165, 1.54) is 12.8 Å². The van der Waals surface area contributed by atoms with Gasteiger partial charge in [-0.2, -0.15) is 0 Å². The van der Waals surface area contributed by atoms with Crippen molar-refractivity contribution in [2.45, 2.75) is 52.5 Å². The molecule has 0 spiro atoms. The fraction of sp³-hybridized carbons (Fsp3) is 0.909. The number of rotatable bonds is 8. The van der Waals surface area contributed by atoms with Gasteiger partial charge in [-0.05, 0) is 18.9 Å². The SMILES string of the molecule is CCCCCC(NCC(C)C)C(N)=O. The maximum absolute atomic E-state index is 11.1. The zero-order valence-electron chi connectivity index (χ0n) is 9.68. The lowest BCUT2D eigenvalue weighted by Gasteiger charge is -2.16. The van der Waals surface area contributed by atoms with Crippen molar-refractivity contribution in [3.8, 4) is 0 Å². The van der Waals surface area contributed by atoms with Crippen LogP contribution in [0.5, 0.6) is 0 Å². The summed E-state index contributed by atoms with van der Waals surface area (Å²) in [6.07, 6.45) is 4.30. The minimum atomic E-state index is -0.221. The molecule has 0 aromatic heterocycles. The van der Waals surface area contributed by atoms with Crippen molar-refractivity contribution >= 4 is 5.91 Å². The summed E-state index contributed by atoms with van der Waals surface area (Å²) in [4.78, 5) is 11.1. The van der Waals surface area contributed by atoms with Crippen LogP contribution in [0.3, 0.4) is 0 Å². The lowest BCUT2D eigenvalue weighted by atomic mass is 10.1.